The van der Waals surface area contributed by atoms with Gasteiger partial charge in [0.25, 0.3) is 0 Å². The predicted molar refractivity (Wildman–Crippen MR) is 129 cm³/mol. The van der Waals surface area contributed by atoms with Crippen molar-refractivity contribution in [3.8, 4) is 0 Å². The quantitative estimate of drug-likeness (QED) is 0.406. The van der Waals surface area contributed by atoms with E-state index in [-0.39, 0.29) is 22.3 Å². The Balaban J connectivity index is 1.77. The number of carbonyl (C=O) groups excluding carboxylic acids is 2. The lowest BCUT2D eigenvalue weighted by Gasteiger charge is -2.40. The van der Waals surface area contributed by atoms with Crippen molar-refractivity contribution >= 4 is 37.8 Å². The fourth-order valence-electron chi connectivity index (χ4n) is 4.79. The first-order valence-electron chi connectivity index (χ1n) is 11.0. The van der Waals surface area contributed by atoms with Gasteiger partial charge in [0, 0.05) is 29.2 Å². The van der Waals surface area contributed by atoms with Crippen molar-refractivity contribution in [1.82, 2.24) is 14.2 Å². The fourth-order valence-corrected chi connectivity index (χ4v) is 7.38. The topological polar surface area (TPSA) is 96.9 Å². The van der Waals surface area contributed by atoms with Crippen LogP contribution in [0.5, 0.6) is 0 Å². The molecule has 0 spiro atoms. The van der Waals surface area contributed by atoms with Crippen molar-refractivity contribution in [2.24, 2.45) is 5.92 Å². The van der Waals surface area contributed by atoms with Crippen LogP contribution in [0.1, 0.15) is 35.3 Å². The van der Waals surface area contributed by atoms with E-state index < -0.39 is 28.1 Å². The molecular formula is C24H26BrN3O5S. The number of methoxy groups -OCH3 is 1. The number of hydrogen-bond donors (Lipinski definition) is 0. The van der Waals surface area contributed by atoms with Gasteiger partial charge in [-0.05, 0) is 49.6 Å². The van der Waals surface area contributed by atoms with Gasteiger partial charge in [0.05, 0.1) is 29.8 Å². The number of nitrogens with zero attached hydrogens (tertiary/aromatic N) is 3. The highest BCUT2D eigenvalue weighted by Crippen LogP contribution is 2.38. The highest BCUT2D eigenvalue weighted by Gasteiger charge is 2.49. The van der Waals surface area contributed by atoms with Gasteiger partial charge in [-0.15, -0.1) is 6.58 Å². The summed E-state index contributed by atoms with van der Waals surface area (Å²) < 4.78 is 34.5. The summed E-state index contributed by atoms with van der Waals surface area (Å²) in [6.07, 6.45) is 5.19. The summed E-state index contributed by atoms with van der Waals surface area (Å²) in [4.78, 5) is 31.7. The van der Waals surface area contributed by atoms with Gasteiger partial charge in [-0.2, -0.15) is 4.31 Å². The van der Waals surface area contributed by atoms with Gasteiger partial charge in [0.2, 0.25) is 15.9 Å². The largest absolute Gasteiger partial charge is 0.465 e. The number of pyridine rings is 1. The number of halogens is 1. The van der Waals surface area contributed by atoms with E-state index in [1.165, 1.54) is 29.6 Å². The molecule has 0 radical (unpaired) electrons. The van der Waals surface area contributed by atoms with Crippen LogP contribution in [0.4, 0.5) is 0 Å². The second-order valence-corrected chi connectivity index (χ2v) is 11.2. The molecule has 1 aromatic carbocycles. The van der Waals surface area contributed by atoms with Crippen molar-refractivity contribution in [3.63, 3.8) is 0 Å². The van der Waals surface area contributed by atoms with Crippen LogP contribution < -0.4 is 0 Å². The standard InChI is InChI=1S/C24H26BrN3O5S/c1-3-16-14-27(15-19-7-4-5-10-26-19)23(29)22-9-6-8-21(16)28(22)34(31,32)20-12-17(24(30)33-2)11-18(25)13-20/h3-5,7,10-13,16,21-22H,1,6,8-9,14-15H2,2H3/t16-,21?,22?/m0/s1. The van der Waals surface area contributed by atoms with Crippen LogP contribution in [0.2, 0.25) is 0 Å². The molecule has 3 heterocycles. The molecule has 2 unspecified atom stereocenters. The molecular weight excluding hydrogens is 522 g/mol. The maximum absolute atomic E-state index is 14.0. The van der Waals surface area contributed by atoms with E-state index in [4.69, 9.17) is 4.74 Å². The summed E-state index contributed by atoms with van der Waals surface area (Å²) in [7, 11) is -2.88. The molecule has 0 N–H and O–H groups in total. The molecule has 4 rings (SSSR count). The summed E-state index contributed by atoms with van der Waals surface area (Å²) >= 11 is 3.30. The number of fused-ring (bicyclic) bond motifs is 2. The lowest BCUT2D eigenvalue weighted by atomic mass is 9.90. The lowest BCUT2D eigenvalue weighted by molar-refractivity contribution is -0.135. The third-order valence-electron chi connectivity index (χ3n) is 6.38. The van der Waals surface area contributed by atoms with Crippen molar-refractivity contribution in [1.29, 1.82) is 0 Å². The molecule has 0 saturated carbocycles. The Morgan fingerprint density at radius 3 is 2.76 bits per heavy atom. The maximum Gasteiger partial charge on any atom is 0.337 e. The molecule has 2 aliphatic rings. The minimum Gasteiger partial charge on any atom is -0.465 e. The highest BCUT2D eigenvalue weighted by molar-refractivity contribution is 9.10. The van der Waals surface area contributed by atoms with E-state index >= 15 is 0 Å². The van der Waals surface area contributed by atoms with Crippen LogP contribution in [0, 0.1) is 5.92 Å². The zero-order chi connectivity index (χ0) is 24.5. The van der Waals surface area contributed by atoms with Crippen molar-refractivity contribution in [3.05, 3.63) is 71.0 Å². The molecule has 2 bridgehead atoms. The average molecular weight is 548 g/mol. The minimum absolute atomic E-state index is 0.0621. The zero-order valence-corrected chi connectivity index (χ0v) is 21.2. The number of piperidine rings is 1. The molecule has 1 amide bonds. The molecule has 0 aliphatic carbocycles. The van der Waals surface area contributed by atoms with Crippen LogP contribution in [-0.2, 0) is 26.1 Å². The fraction of sp³-hybridized carbons (Fsp3) is 0.375. The van der Waals surface area contributed by atoms with Gasteiger partial charge in [0.1, 0.15) is 6.04 Å². The van der Waals surface area contributed by atoms with Gasteiger partial charge in [-0.25, -0.2) is 13.2 Å². The third-order valence-corrected chi connectivity index (χ3v) is 8.75. The number of hydrogen-bond acceptors (Lipinski definition) is 6. The molecule has 8 nitrogen and oxygen atoms in total. The average Bonchev–Trinajstić information content (AvgIpc) is 2.91. The molecule has 180 valence electrons. The summed E-state index contributed by atoms with van der Waals surface area (Å²) in [5.74, 6) is -1.14. The first-order valence-corrected chi connectivity index (χ1v) is 13.2. The monoisotopic (exact) mass is 547 g/mol. The van der Waals surface area contributed by atoms with E-state index in [0.717, 1.165) is 12.1 Å². The Labute approximate surface area is 207 Å². The summed E-state index contributed by atoms with van der Waals surface area (Å²) in [5.41, 5.74) is 0.845. The Morgan fingerprint density at radius 1 is 1.29 bits per heavy atom. The Bertz CT molecular complexity index is 1200. The first-order chi connectivity index (χ1) is 16.3. The summed E-state index contributed by atoms with van der Waals surface area (Å²) in [6, 6.07) is 8.50. The van der Waals surface area contributed by atoms with Gasteiger partial charge in [0.15, 0.2) is 0 Å². The van der Waals surface area contributed by atoms with Crippen LogP contribution in [0.25, 0.3) is 0 Å². The molecule has 3 atom stereocenters. The van der Waals surface area contributed by atoms with E-state index in [9.17, 15) is 18.0 Å². The van der Waals surface area contributed by atoms with Gasteiger partial charge >= 0.3 is 5.97 Å². The van der Waals surface area contributed by atoms with Gasteiger partial charge < -0.3 is 9.64 Å². The highest BCUT2D eigenvalue weighted by atomic mass is 79.9. The van der Waals surface area contributed by atoms with E-state index in [0.29, 0.717) is 30.4 Å². The second kappa shape index (κ2) is 9.97. The van der Waals surface area contributed by atoms with Gasteiger partial charge in [-0.3, -0.25) is 9.78 Å². The van der Waals surface area contributed by atoms with E-state index in [1.54, 1.807) is 17.2 Å². The molecule has 1 aromatic heterocycles. The van der Waals surface area contributed by atoms with Crippen LogP contribution in [0.15, 0.2) is 64.6 Å². The van der Waals surface area contributed by atoms with Crippen LogP contribution >= 0.6 is 15.9 Å². The molecule has 2 fully saturated rings. The first kappa shape index (κ1) is 24.6. The Kier molecular flexibility index (Phi) is 7.20. The lowest BCUT2D eigenvalue weighted by Crippen LogP contribution is -2.54. The smallest absolute Gasteiger partial charge is 0.337 e. The summed E-state index contributed by atoms with van der Waals surface area (Å²) in [5, 5.41) is 0. The van der Waals surface area contributed by atoms with Crippen LogP contribution in [0.3, 0.4) is 0 Å². The zero-order valence-electron chi connectivity index (χ0n) is 18.8. The summed E-state index contributed by atoms with van der Waals surface area (Å²) in [6.45, 7) is 4.60. The Morgan fingerprint density at radius 2 is 2.09 bits per heavy atom. The number of esters is 1. The SMILES string of the molecule is C=C[C@H]1CN(Cc2ccccn2)C(=O)C2CCCC1N2S(=O)(=O)c1cc(Br)cc(C(=O)OC)c1. The predicted octanol–water partition coefficient (Wildman–Crippen LogP) is 3.39. The number of ether oxygens (including phenoxy) is 1. The molecule has 2 aliphatic heterocycles. The Hall–Kier alpha value is -2.56. The molecule has 2 aromatic rings. The number of amides is 1. The van der Waals surface area contributed by atoms with Crippen molar-refractivity contribution in [2.75, 3.05) is 13.7 Å². The number of carbonyl (C=O) groups is 2. The molecule has 10 heteroatoms. The van der Waals surface area contributed by atoms with Crippen LogP contribution in [-0.4, -0.2) is 60.2 Å². The number of aromatic nitrogens is 1. The van der Waals surface area contributed by atoms with E-state index in [1.807, 2.05) is 18.2 Å². The maximum atomic E-state index is 14.0. The van der Waals surface area contributed by atoms with Crippen molar-refractivity contribution in [2.45, 2.75) is 42.8 Å². The van der Waals surface area contributed by atoms with Gasteiger partial charge in [-0.1, -0.05) is 28.1 Å². The molecule has 34 heavy (non-hydrogen) atoms. The second-order valence-electron chi connectivity index (χ2n) is 8.46. The number of benzene rings is 1. The third kappa shape index (κ3) is 4.67. The number of sulfonamides is 1. The van der Waals surface area contributed by atoms with Crippen molar-refractivity contribution < 1.29 is 22.7 Å². The minimum atomic E-state index is -4.12. The number of rotatable bonds is 6. The normalized spacial score (nSPS) is 23.3. The van der Waals surface area contributed by atoms with E-state index in [2.05, 4.69) is 27.5 Å². The molecule has 2 saturated heterocycles.